The van der Waals surface area contributed by atoms with Crippen LogP contribution in [0.15, 0.2) is 24.3 Å². The van der Waals surface area contributed by atoms with Crippen LogP contribution in [0.5, 0.6) is 17.6 Å². The minimum Gasteiger partial charge on any atom is -0.508 e. The summed E-state index contributed by atoms with van der Waals surface area (Å²) in [5, 5.41) is 32.4. The number of anilines is 1. The summed E-state index contributed by atoms with van der Waals surface area (Å²) in [5.41, 5.74) is -2.17. The van der Waals surface area contributed by atoms with E-state index in [1.165, 1.54) is 31.4 Å². The number of methoxy groups -OCH3 is 1. The second-order valence-electron chi connectivity index (χ2n) is 15.5. The molecule has 13 heteroatoms. The molecular formula is C40H42F2N6O5. The molecule has 2 N–H and O–H groups in total. The second kappa shape index (κ2) is 13.2. The fourth-order valence-electron chi connectivity index (χ4n) is 8.91. The Morgan fingerprint density at radius 3 is 2.66 bits per heavy atom. The third-order valence-corrected chi connectivity index (χ3v) is 11.6. The molecule has 4 aromatic rings. The number of rotatable bonds is 8. The normalized spacial score (nSPS) is 25.4. The van der Waals surface area contributed by atoms with Gasteiger partial charge in [0, 0.05) is 35.5 Å². The van der Waals surface area contributed by atoms with E-state index >= 15 is 8.78 Å². The van der Waals surface area contributed by atoms with Gasteiger partial charge in [0.2, 0.25) is 5.88 Å². The predicted molar refractivity (Wildman–Crippen MR) is 194 cm³/mol. The van der Waals surface area contributed by atoms with Crippen molar-refractivity contribution >= 4 is 27.5 Å². The molecule has 3 atom stereocenters. The van der Waals surface area contributed by atoms with Crippen LogP contribution in [0, 0.1) is 46.1 Å². The van der Waals surface area contributed by atoms with E-state index < -0.39 is 17.2 Å². The number of phenols is 1. The molecule has 2 aliphatic carbocycles. The molecule has 2 saturated carbocycles. The Morgan fingerprint density at radius 1 is 1.09 bits per heavy atom. The van der Waals surface area contributed by atoms with E-state index in [1.807, 2.05) is 0 Å². The average Bonchev–Trinajstić information content (AvgIpc) is 3.83. The van der Waals surface area contributed by atoms with E-state index in [1.54, 1.807) is 11.8 Å². The van der Waals surface area contributed by atoms with E-state index in [-0.39, 0.29) is 93.2 Å². The highest BCUT2D eigenvalue weighted by atomic mass is 19.1. The second-order valence-corrected chi connectivity index (χ2v) is 15.5. The summed E-state index contributed by atoms with van der Waals surface area (Å²) in [6, 6.07) is 8.10. The van der Waals surface area contributed by atoms with Crippen LogP contribution in [0.1, 0.15) is 57.4 Å². The van der Waals surface area contributed by atoms with Crippen LogP contribution in [0.4, 0.5) is 14.6 Å². The Morgan fingerprint density at radius 2 is 1.91 bits per heavy atom. The van der Waals surface area contributed by atoms with E-state index in [9.17, 15) is 15.5 Å². The highest BCUT2D eigenvalue weighted by molar-refractivity contribution is 6.04. The molecule has 2 aliphatic heterocycles. The van der Waals surface area contributed by atoms with Gasteiger partial charge in [0.15, 0.2) is 5.82 Å². The van der Waals surface area contributed by atoms with Crippen LogP contribution in [0.2, 0.25) is 0 Å². The molecule has 0 unspecified atom stereocenters. The number of likely N-dealkylation sites (tertiary alicyclic amines) is 1. The number of aromatic nitrogens is 3. The number of benzene rings is 2. The lowest BCUT2D eigenvalue weighted by Gasteiger charge is -2.46. The first kappa shape index (κ1) is 35.2. The van der Waals surface area contributed by atoms with E-state index in [2.05, 4.69) is 26.9 Å². The molecule has 0 spiro atoms. The summed E-state index contributed by atoms with van der Waals surface area (Å²) in [6.45, 7) is 4.45. The zero-order valence-electron chi connectivity index (χ0n) is 29.9. The molecule has 11 nitrogen and oxygen atoms in total. The van der Waals surface area contributed by atoms with Crippen LogP contribution in [0.3, 0.4) is 0 Å². The Bertz CT molecular complexity index is 2200. The quantitative estimate of drug-likeness (QED) is 0.216. The Labute approximate surface area is 306 Å². The number of phenolic OH excluding ortho intramolecular Hbond substituents is 1. The Kier molecular flexibility index (Phi) is 8.80. The van der Waals surface area contributed by atoms with Gasteiger partial charge in [0.05, 0.1) is 50.5 Å². The number of ether oxygens (including phenoxy) is 3. The first-order chi connectivity index (χ1) is 25.5. The van der Waals surface area contributed by atoms with Crippen molar-refractivity contribution in [2.24, 2.45) is 10.8 Å². The molecule has 4 aliphatic rings. The van der Waals surface area contributed by atoms with Crippen molar-refractivity contribution in [2.45, 2.75) is 63.5 Å². The highest BCUT2D eigenvalue weighted by Gasteiger charge is 2.52. The number of β-amino-alcohol motifs (C(OH)–C–C–N with tert-alkyl or cyclic N) is 1. The highest BCUT2D eigenvalue weighted by Crippen LogP contribution is 2.52. The molecule has 276 valence electrons. The molecule has 0 bridgehead atoms. The van der Waals surface area contributed by atoms with Crippen molar-refractivity contribution in [2.75, 3.05) is 58.0 Å². The number of nitriles is 1. The number of aromatic hydroxyl groups is 1. The maximum Gasteiger partial charge on any atom is 0.319 e. The maximum absolute atomic E-state index is 17.3. The SMILES string of the molecule is C#Cc1c(F)ccc2cc(O)cc(-c3nc(OC)c4c(N5CCOC[C@@](C)(O)C5)nc(OC[C@]56CCC[C@H]5N(CC5(C#N)CC5)CCC6)nc4c3F)c12. The number of pyridine rings is 1. The number of fused-ring (bicyclic) bond motifs is 3. The van der Waals surface area contributed by atoms with Crippen molar-refractivity contribution in [1.82, 2.24) is 19.9 Å². The lowest BCUT2D eigenvalue weighted by molar-refractivity contribution is -0.0123. The van der Waals surface area contributed by atoms with Crippen LogP contribution >= 0.6 is 0 Å². The van der Waals surface area contributed by atoms with Crippen LogP contribution in [-0.2, 0) is 4.74 Å². The summed E-state index contributed by atoms with van der Waals surface area (Å²) >= 11 is 0. The zero-order valence-corrected chi connectivity index (χ0v) is 29.9. The van der Waals surface area contributed by atoms with Gasteiger partial charge in [-0.2, -0.15) is 15.2 Å². The van der Waals surface area contributed by atoms with Gasteiger partial charge in [-0.25, -0.2) is 13.8 Å². The summed E-state index contributed by atoms with van der Waals surface area (Å²) in [4.78, 5) is 18.4. The molecule has 53 heavy (non-hydrogen) atoms. The molecule has 2 aromatic carbocycles. The molecule has 0 amide bonds. The number of terminal acetylenes is 1. The van der Waals surface area contributed by atoms with E-state index in [0.717, 1.165) is 58.0 Å². The standard InChI is InChI=1S/C40H42F2N6O5/c1-4-26-28(41)9-8-24-17-25(49)18-27(30(24)26)33-32(42)34-31(36(44-33)51-3)35(48-15-16-52-22-38(2,50)20-48)46-37(45-34)53-23-40-10-5-7-29(40)47(14-6-11-40)21-39(19-43)12-13-39/h1,8-9,17-18,29,49-50H,5-7,10-16,20-23H2,2-3H3/t29-,38+,40-/m1/s1. The molecule has 0 radical (unpaired) electrons. The van der Waals surface area contributed by atoms with Gasteiger partial charge in [-0.3, -0.25) is 4.90 Å². The van der Waals surface area contributed by atoms with Crippen molar-refractivity contribution in [3.63, 3.8) is 0 Å². The van der Waals surface area contributed by atoms with Gasteiger partial charge in [-0.15, -0.1) is 6.42 Å². The van der Waals surface area contributed by atoms with Crippen molar-refractivity contribution in [1.29, 1.82) is 5.26 Å². The largest absolute Gasteiger partial charge is 0.508 e. The third kappa shape index (κ3) is 6.25. The first-order valence-electron chi connectivity index (χ1n) is 18.2. The Balaban J connectivity index is 1.27. The smallest absolute Gasteiger partial charge is 0.319 e. The fraction of sp³-hybridized carbons (Fsp3) is 0.500. The Hall–Kier alpha value is -4.82. The van der Waals surface area contributed by atoms with Gasteiger partial charge in [-0.1, -0.05) is 18.4 Å². The van der Waals surface area contributed by atoms with Crippen LogP contribution in [-0.4, -0.2) is 94.8 Å². The first-order valence-corrected chi connectivity index (χ1v) is 18.2. The molecule has 8 rings (SSSR count). The predicted octanol–water partition coefficient (Wildman–Crippen LogP) is 5.72. The number of hydrogen-bond acceptors (Lipinski definition) is 11. The van der Waals surface area contributed by atoms with Gasteiger partial charge in [0.25, 0.3) is 0 Å². The minimum atomic E-state index is -1.26. The summed E-state index contributed by atoms with van der Waals surface area (Å²) in [5.74, 6) is 0.838. The van der Waals surface area contributed by atoms with E-state index in [0.29, 0.717) is 18.5 Å². The number of halogens is 2. The summed E-state index contributed by atoms with van der Waals surface area (Å²) < 4.78 is 50.3. The molecular weight excluding hydrogens is 682 g/mol. The number of aliphatic hydroxyl groups is 1. The number of hydrogen-bond donors (Lipinski definition) is 2. The van der Waals surface area contributed by atoms with Gasteiger partial charge in [-0.05, 0) is 75.6 Å². The summed E-state index contributed by atoms with van der Waals surface area (Å²) in [6.07, 6.45) is 12.5. The lowest BCUT2D eigenvalue weighted by Crippen LogP contribution is -2.53. The molecule has 2 saturated heterocycles. The van der Waals surface area contributed by atoms with Crippen LogP contribution in [0.25, 0.3) is 32.9 Å². The molecule has 2 aromatic heterocycles. The third-order valence-electron chi connectivity index (χ3n) is 11.6. The zero-order chi connectivity index (χ0) is 37.1. The molecule has 4 fully saturated rings. The topological polar surface area (TPSA) is 137 Å². The summed E-state index contributed by atoms with van der Waals surface area (Å²) in [7, 11) is 1.39. The van der Waals surface area contributed by atoms with Gasteiger partial charge < -0.3 is 29.3 Å². The van der Waals surface area contributed by atoms with Gasteiger partial charge in [0.1, 0.15) is 39.6 Å². The minimum absolute atomic E-state index is 0.0261. The number of nitrogens with zero attached hydrogens (tertiary/aromatic N) is 6. The van der Waals surface area contributed by atoms with Crippen molar-refractivity contribution < 1.29 is 33.2 Å². The number of piperidine rings is 1. The van der Waals surface area contributed by atoms with E-state index in [4.69, 9.17) is 25.6 Å². The lowest BCUT2D eigenvalue weighted by atomic mass is 9.75. The van der Waals surface area contributed by atoms with Gasteiger partial charge >= 0.3 is 6.01 Å². The monoisotopic (exact) mass is 724 g/mol. The average molecular weight is 725 g/mol. The van der Waals surface area contributed by atoms with Crippen LogP contribution < -0.4 is 14.4 Å². The molecule has 4 heterocycles. The maximum atomic E-state index is 17.3. The van der Waals surface area contributed by atoms with Crippen molar-refractivity contribution in [3.05, 3.63) is 41.5 Å². The fourth-order valence-corrected chi connectivity index (χ4v) is 8.91. The van der Waals surface area contributed by atoms with Crippen molar-refractivity contribution in [3.8, 4) is 47.3 Å².